The Bertz CT molecular complexity index is 682. The summed E-state index contributed by atoms with van der Waals surface area (Å²) in [4.78, 5) is 13.6. The summed E-state index contributed by atoms with van der Waals surface area (Å²) in [6, 6.07) is 8.72. The van der Waals surface area contributed by atoms with Gasteiger partial charge >= 0.3 is 0 Å². The zero-order chi connectivity index (χ0) is 13.8. The molecular weight excluding hydrogens is 275 g/mol. The maximum absolute atomic E-state index is 12.7. The first-order valence-electron chi connectivity index (χ1n) is 6.03. The molecule has 1 N–H and O–H groups in total. The van der Waals surface area contributed by atoms with E-state index in [9.17, 15) is 4.39 Å². The van der Waals surface area contributed by atoms with Gasteiger partial charge in [-0.2, -0.15) is 0 Å². The van der Waals surface area contributed by atoms with Crippen molar-refractivity contribution in [2.24, 2.45) is 0 Å². The molecule has 0 radical (unpaired) electrons. The Morgan fingerprint density at radius 2 is 2.00 bits per heavy atom. The highest BCUT2D eigenvalue weighted by atomic mass is 32.1. The molecule has 3 aromatic rings. The number of thiazole rings is 1. The molecule has 6 heteroatoms. The van der Waals surface area contributed by atoms with Crippen molar-refractivity contribution in [1.82, 2.24) is 15.0 Å². The van der Waals surface area contributed by atoms with Crippen molar-refractivity contribution in [2.75, 3.05) is 5.32 Å². The summed E-state index contributed by atoms with van der Waals surface area (Å²) in [5.41, 5.74) is 0.864. The molecule has 0 amide bonds. The first-order valence-corrected chi connectivity index (χ1v) is 6.84. The highest BCUT2D eigenvalue weighted by molar-refractivity contribution is 7.15. The third-order valence-electron chi connectivity index (χ3n) is 2.61. The number of hydrogen-bond acceptors (Lipinski definition) is 5. The van der Waals surface area contributed by atoms with Crippen LogP contribution in [0.25, 0.3) is 10.7 Å². The van der Waals surface area contributed by atoms with Gasteiger partial charge in [0.15, 0.2) is 0 Å². The Morgan fingerprint density at radius 1 is 1.05 bits per heavy atom. The van der Waals surface area contributed by atoms with Crippen molar-refractivity contribution in [1.29, 1.82) is 0 Å². The number of nitrogens with one attached hydrogen (secondary N) is 1. The van der Waals surface area contributed by atoms with Crippen LogP contribution in [0.2, 0.25) is 0 Å². The molecule has 0 saturated heterocycles. The van der Waals surface area contributed by atoms with Crippen LogP contribution in [0.15, 0.2) is 48.9 Å². The summed E-state index contributed by atoms with van der Waals surface area (Å²) >= 11 is 1.57. The monoisotopic (exact) mass is 286 g/mol. The van der Waals surface area contributed by atoms with E-state index >= 15 is 0 Å². The van der Waals surface area contributed by atoms with E-state index in [1.165, 1.54) is 12.3 Å². The fourth-order valence-electron chi connectivity index (χ4n) is 1.65. The Labute approximate surface area is 119 Å². The largest absolute Gasteiger partial charge is 0.365 e. The van der Waals surface area contributed by atoms with Crippen LogP contribution >= 0.6 is 11.3 Å². The Balaban J connectivity index is 1.67. The topological polar surface area (TPSA) is 50.7 Å². The van der Waals surface area contributed by atoms with Crippen LogP contribution in [-0.4, -0.2) is 15.0 Å². The van der Waals surface area contributed by atoms with Crippen molar-refractivity contribution in [3.8, 4) is 10.7 Å². The van der Waals surface area contributed by atoms with Crippen LogP contribution in [0.5, 0.6) is 0 Å². The Hall–Kier alpha value is -2.34. The van der Waals surface area contributed by atoms with E-state index in [1.807, 2.05) is 24.4 Å². The molecule has 0 unspecified atom stereocenters. The highest BCUT2D eigenvalue weighted by Crippen LogP contribution is 2.23. The standard InChI is InChI=1S/C14H11FN4S/c15-10-4-5-13(17-7-10)18-8-11-9-19-14(20-11)12-3-1-2-6-16-12/h1-7,9H,8H2,(H,17,18). The van der Waals surface area contributed by atoms with E-state index in [0.29, 0.717) is 12.4 Å². The van der Waals surface area contributed by atoms with Crippen molar-refractivity contribution >= 4 is 17.2 Å². The minimum atomic E-state index is -0.342. The van der Waals surface area contributed by atoms with Gasteiger partial charge in [0.1, 0.15) is 16.6 Å². The first kappa shape index (κ1) is 12.7. The summed E-state index contributed by atoms with van der Waals surface area (Å²) in [7, 11) is 0. The molecular formula is C14H11FN4S. The van der Waals surface area contributed by atoms with Crippen LogP contribution in [0.1, 0.15) is 4.88 Å². The second-order valence-electron chi connectivity index (χ2n) is 4.06. The van der Waals surface area contributed by atoms with Crippen LogP contribution < -0.4 is 5.32 Å². The average molecular weight is 286 g/mol. The fraction of sp³-hybridized carbons (Fsp3) is 0.0714. The number of halogens is 1. The molecule has 0 spiro atoms. The van der Waals surface area contributed by atoms with E-state index < -0.39 is 0 Å². The Kier molecular flexibility index (Phi) is 3.64. The molecule has 0 aliphatic heterocycles. The third-order valence-corrected chi connectivity index (χ3v) is 3.63. The lowest BCUT2D eigenvalue weighted by Gasteiger charge is -2.02. The van der Waals surface area contributed by atoms with Crippen LogP contribution in [-0.2, 0) is 6.54 Å². The van der Waals surface area contributed by atoms with Crippen molar-refractivity contribution in [3.05, 3.63) is 59.6 Å². The molecule has 0 aliphatic rings. The normalized spacial score (nSPS) is 10.4. The summed E-state index contributed by atoms with van der Waals surface area (Å²) in [5, 5.41) is 4.01. The minimum absolute atomic E-state index is 0.342. The van der Waals surface area contributed by atoms with Crippen molar-refractivity contribution < 1.29 is 4.39 Å². The second-order valence-corrected chi connectivity index (χ2v) is 5.18. The molecule has 100 valence electrons. The number of anilines is 1. The average Bonchev–Trinajstić information content (AvgIpc) is 2.97. The quantitative estimate of drug-likeness (QED) is 0.799. The number of nitrogens with zero attached hydrogens (tertiary/aromatic N) is 3. The number of aromatic nitrogens is 3. The van der Waals surface area contributed by atoms with Gasteiger partial charge in [0.2, 0.25) is 0 Å². The van der Waals surface area contributed by atoms with E-state index in [2.05, 4.69) is 20.3 Å². The zero-order valence-electron chi connectivity index (χ0n) is 10.5. The van der Waals surface area contributed by atoms with Gasteiger partial charge in [-0.3, -0.25) is 4.98 Å². The molecule has 0 aromatic carbocycles. The summed E-state index contributed by atoms with van der Waals surface area (Å²) in [5.74, 6) is 0.296. The van der Waals surface area contributed by atoms with Crippen LogP contribution in [0.3, 0.4) is 0 Å². The lowest BCUT2D eigenvalue weighted by molar-refractivity contribution is 0.621. The molecule has 3 rings (SSSR count). The molecule has 4 nitrogen and oxygen atoms in total. The molecule has 0 bridgehead atoms. The lowest BCUT2D eigenvalue weighted by atomic mass is 10.4. The van der Waals surface area contributed by atoms with Gasteiger partial charge in [0.05, 0.1) is 18.4 Å². The van der Waals surface area contributed by atoms with E-state index in [0.717, 1.165) is 15.6 Å². The van der Waals surface area contributed by atoms with Gasteiger partial charge in [0, 0.05) is 17.3 Å². The molecule has 0 saturated carbocycles. The maximum atomic E-state index is 12.7. The number of pyridine rings is 2. The van der Waals surface area contributed by atoms with Crippen LogP contribution in [0.4, 0.5) is 10.2 Å². The summed E-state index contributed by atoms with van der Waals surface area (Å²) in [6.45, 7) is 0.600. The fourth-order valence-corrected chi connectivity index (χ4v) is 2.48. The minimum Gasteiger partial charge on any atom is -0.365 e. The summed E-state index contributed by atoms with van der Waals surface area (Å²) < 4.78 is 12.7. The van der Waals surface area contributed by atoms with Crippen LogP contribution in [0, 0.1) is 5.82 Å². The maximum Gasteiger partial charge on any atom is 0.142 e. The molecule has 0 atom stereocenters. The van der Waals surface area contributed by atoms with Gasteiger partial charge < -0.3 is 5.32 Å². The third kappa shape index (κ3) is 2.97. The number of rotatable bonds is 4. The summed E-state index contributed by atoms with van der Waals surface area (Å²) in [6.07, 6.45) is 4.75. The van der Waals surface area contributed by atoms with Gasteiger partial charge in [-0.15, -0.1) is 11.3 Å². The van der Waals surface area contributed by atoms with E-state index in [-0.39, 0.29) is 5.82 Å². The van der Waals surface area contributed by atoms with E-state index in [1.54, 1.807) is 23.6 Å². The predicted octanol–water partition coefficient (Wildman–Crippen LogP) is 3.35. The first-order chi connectivity index (χ1) is 9.81. The van der Waals surface area contributed by atoms with Gasteiger partial charge in [-0.1, -0.05) is 6.07 Å². The second kappa shape index (κ2) is 5.75. The Morgan fingerprint density at radius 3 is 2.75 bits per heavy atom. The van der Waals surface area contributed by atoms with Gasteiger partial charge in [-0.05, 0) is 24.3 Å². The molecule has 3 heterocycles. The zero-order valence-corrected chi connectivity index (χ0v) is 11.3. The SMILES string of the molecule is Fc1ccc(NCc2cnc(-c3ccccn3)s2)nc1. The van der Waals surface area contributed by atoms with Gasteiger partial charge in [0.25, 0.3) is 0 Å². The van der Waals surface area contributed by atoms with Gasteiger partial charge in [-0.25, -0.2) is 14.4 Å². The smallest absolute Gasteiger partial charge is 0.142 e. The predicted molar refractivity (Wildman–Crippen MR) is 76.9 cm³/mol. The highest BCUT2D eigenvalue weighted by Gasteiger charge is 2.05. The number of hydrogen-bond donors (Lipinski definition) is 1. The van der Waals surface area contributed by atoms with E-state index in [4.69, 9.17) is 0 Å². The lowest BCUT2D eigenvalue weighted by Crippen LogP contribution is -1.99. The van der Waals surface area contributed by atoms with Crippen molar-refractivity contribution in [3.63, 3.8) is 0 Å². The molecule has 20 heavy (non-hydrogen) atoms. The molecule has 0 aliphatic carbocycles. The molecule has 3 aromatic heterocycles. The van der Waals surface area contributed by atoms with Crippen molar-refractivity contribution in [2.45, 2.75) is 6.54 Å². The molecule has 0 fully saturated rings.